The van der Waals surface area contributed by atoms with E-state index in [2.05, 4.69) is 44.2 Å². The molecule has 4 aromatic rings. The van der Waals surface area contributed by atoms with Gasteiger partial charge in [-0.25, -0.2) is 0 Å². The highest BCUT2D eigenvalue weighted by Crippen LogP contribution is 2.36. The molecule has 1 saturated heterocycles. The highest BCUT2D eigenvalue weighted by molar-refractivity contribution is 8.15. The van der Waals surface area contributed by atoms with E-state index in [0.29, 0.717) is 33.9 Å². The van der Waals surface area contributed by atoms with Gasteiger partial charge in [0.05, 0.1) is 30.5 Å². The number of ether oxygens (including phenoxy) is 2. The van der Waals surface area contributed by atoms with E-state index in [1.165, 1.54) is 40.7 Å². The van der Waals surface area contributed by atoms with Crippen LogP contribution in [0.15, 0.2) is 76.9 Å². The Morgan fingerprint density at radius 2 is 1.75 bits per heavy atom. The number of benzene rings is 3. The summed E-state index contributed by atoms with van der Waals surface area (Å²) in [6.45, 7) is 4.12. The van der Waals surface area contributed by atoms with Crippen molar-refractivity contribution in [2.75, 3.05) is 30.1 Å². The molecule has 0 bridgehead atoms. The van der Waals surface area contributed by atoms with Gasteiger partial charge < -0.3 is 14.8 Å². The van der Waals surface area contributed by atoms with Gasteiger partial charge in [-0.2, -0.15) is 14.8 Å². The van der Waals surface area contributed by atoms with E-state index >= 15 is 0 Å². The molecule has 0 saturated carbocycles. The minimum absolute atomic E-state index is 0.0816. The molecule has 1 aromatic heterocycles. The molecule has 14 heteroatoms. The van der Waals surface area contributed by atoms with E-state index in [0.717, 1.165) is 16.8 Å². The number of nitrogens with zero attached hydrogens (tertiary/aromatic N) is 6. The highest BCUT2D eigenvalue weighted by Gasteiger charge is 2.32. The molecule has 2 heterocycles. The first kappa shape index (κ1) is 30.6. The fraction of sp³-hybridized carbons (Fsp3) is 0.233. The summed E-state index contributed by atoms with van der Waals surface area (Å²) in [6.07, 6.45) is -3.19. The number of alkyl halides is 3. The quantitative estimate of drug-likeness (QED) is 0.168. The Labute approximate surface area is 255 Å². The summed E-state index contributed by atoms with van der Waals surface area (Å²) in [4.78, 5) is 18.9. The van der Waals surface area contributed by atoms with Gasteiger partial charge in [-0.1, -0.05) is 55.9 Å². The van der Waals surface area contributed by atoms with Crippen molar-refractivity contribution >= 4 is 40.7 Å². The lowest BCUT2D eigenvalue weighted by molar-refractivity contribution is -0.274. The maximum atomic E-state index is 12.8. The molecule has 3 aromatic carbocycles. The van der Waals surface area contributed by atoms with Crippen molar-refractivity contribution in [1.29, 1.82) is 0 Å². The van der Waals surface area contributed by atoms with Gasteiger partial charge in [0.25, 0.3) is 0 Å². The van der Waals surface area contributed by atoms with Crippen LogP contribution in [-0.4, -0.2) is 58.3 Å². The second-order valence-corrected chi connectivity index (χ2v) is 10.8. The van der Waals surface area contributed by atoms with E-state index in [1.807, 2.05) is 42.5 Å². The molecule has 0 atom stereocenters. The average Bonchev–Trinajstić information content (AvgIpc) is 3.60. The molecule has 5 rings (SSSR count). The summed E-state index contributed by atoms with van der Waals surface area (Å²) in [6, 6.07) is 18.3. The molecular weight excluding hydrogens is 595 g/mol. The number of aromatic nitrogens is 3. The summed E-state index contributed by atoms with van der Waals surface area (Å²) in [7, 11) is 3.25. The Kier molecular flexibility index (Phi) is 8.90. The van der Waals surface area contributed by atoms with Crippen molar-refractivity contribution in [3.63, 3.8) is 0 Å². The fourth-order valence-corrected chi connectivity index (χ4v) is 5.25. The Morgan fingerprint density at radius 3 is 2.39 bits per heavy atom. The first-order valence-electron chi connectivity index (χ1n) is 13.4. The van der Waals surface area contributed by atoms with Crippen molar-refractivity contribution in [3.8, 4) is 28.6 Å². The van der Waals surface area contributed by atoms with Crippen LogP contribution in [0.25, 0.3) is 17.1 Å². The third kappa shape index (κ3) is 6.86. The summed E-state index contributed by atoms with van der Waals surface area (Å²) in [5.74, 6) is 1.48. The number of rotatable bonds is 9. The number of carbonyl (C=O) groups excluding carboxylic acids is 1. The van der Waals surface area contributed by atoms with Crippen LogP contribution in [0.3, 0.4) is 0 Å². The van der Waals surface area contributed by atoms with Crippen LogP contribution in [0.2, 0.25) is 0 Å². The number of carbonyl (C=O) groups is 1. The smallest absolute Gasteiger partial charge is 0.497 e. The molecule has 1 fully saturated rings. The number of nitrogens with one attached hydrogen (secondary N) is 1. The zero-order chi connectivity index (χ0) is 31.4. The predicted molar refractivity (Wildman–Crippen MR) is 165 cm³/mol. The van der Waals surface area contributed by atoms with Crippen LogP contribution in [0.5, 0.6) is 11.5 Å². The van der Waals surface area contributed by atoms with E-state index in [4.69, 9.17) is 4.74 Å². The van der Waals surface area contributed by atoms with Gasteiger partial charge in [0.2, 0.25) is 11.9 Å². The predicted octanol–water partition coefficient (Wildman–Crippen LogP) is 6.48. The molecule has 44 heavy (non-hydrogen) atoms. The molecule has 0 radical (unpaired) electrons. The van der Waals surface area contributed by atoms with Crippen molar-refractivity contribution in [1.82, 2.24) is 14.8 Å². The average molecular weight is 624 g/mol. The van der Waals surface area contributed by atoms with Gasteiger partial charge >= 0.3 is 6.36 Å². The van der Waals surface area contributed by atoms with Crippen LogP contribution < -0.4 is 19.7 Å². The minimum Gasteiger partial charge on any atom is -0.497 e. The number of hydrogen-bond donors (Lipinski definition) is 1. The number of methoxy groups -OCH3 is 1. The summed E-state index contributed by atoms with van der Waals surface area (Å²) >= 11 is 1.32. The Hall–Kier alpha value is -4.85. The lowest BCUT2D eigenvalue weighted by Crippen LogP contribution is -2.30. The lowest BCUT2D eigenvalue weighted by atomic mass is 10.00. The Bertz CT molecular complexity index is 1700. The molecular formula is C30H28F3N7O3S. The molecule has 0 aliphatic carbocycles. The van der Waals surface area contributed by atoms with Crippen LogP contribution >= 0.6 is 11.8 Å². The van der Waals surface area contributed by atoms with Gasteiger partial charge in [-0.3, -0.25) is 9.69 Å². The molecule has 0 spiro atoms. The molecule has 1 N–H and O–H groups in total. The SMILES string of the molecule is CNc1nc(-c2ccc(C=NN=C3SCC(=O)N3c3cc(OC)ccc3C(C)C)cc2)nn1-c1ccc(OC(F)(F)F)cc1. The standard InChI is InChI=1S/C30H28F3N7O3S/c1-18(2)24-14-13-23(42-4)15-25(24)39-26(41)17-44-29(39)37-35-16-19-5-7-20(8-6-19)27-36-28(34-3)40(38-27)21-9-11-22(12-10-21)43-30(31,32)33/h5-16,18H,17H2,1-4H3,(H,34,36,38). The van der Waals surface area contributed by atoms with E-state index in [1.54, 1.807) is 25.3 Å². The highest BCUT2D eigenvalue weighted by atomic mass is 32.2. The minimum atomic E-state index is -4.77. The van der Waals surface area contributed by atoms with E-state index in [9.17, 15) is 18.0 Å². The van der Waals surface area contributed by atoms with Gasteiger partial charge in [0, 0.05) is 18.7 Å². The van der Waals surface area contributed by atoms with Crippen LogP contribution in [0.4, 0.5) is 24.8 Å². The molecule has 0 unspecified atom stereocenters. The molecule has 1 amide bonds. The van der Waals surface area contributed by atoms with Gasteiger partial charge in [-0.15, -0.1) is 23.4 Å². The largest absolute Gasteiger partial charge is 0.573 e. The number of amides is 1. The third-order valence-electron chi connectivity index (χ3n) is 6.53. The van der Waals surface area contributed by atoms with Crippen molar-refractivity contribution < 1.29 is 27.4 Å². The Balaban J connectivity index is 1.33. The van der Waals surface area contributed by atoms with Gasteiger partial charge in [0.1, 0.15) is 11.5 Å². The van der Waals surface area contributed by atoms with E-state index < -0.39 is 6.36 Å². The lowest BCUT2D eigenvalue weighted by Gasteiger charge is -2.22. The van der Waals surface area contributed by atoms with Crippen molar-refractivity contribution in [2.45, 2.75) is 26.1 Å². The number of halogens is 3. The molecule has 1 aliphatic heterocycles. The second kappa shape index (κ2) is 12.8. The topological polar surface area (TPSA) is 106 Å². The number of amidine groups is 1. The van der Waals surface area contributed by atoms with Crippen LogP contribution in [0, 0.1) is 0 Å². The zero-order valence-electron chi connectivity index (χ0n) is 24.2. The van der Waals surface area contributed by atoms with Crippen molar-refractivity contribution in [3.05, 3.63) is 77.9 Å². The normalized spacial score (nSPS) is 14.7. The van der Waals surface area contributed by atoms with Gasteiger partial charge in [-0.05, 0) is 47.4 Å². The second-order valence-electron chi connectivity index (χ2n) is 9.81. The Morgan fingerprint density at radius 1 is 1.05 bits per heavy atom. The number of thioether (sulfide) groups is 1. The monoisotopic (exact) mass is 623 g/mol. The molecule has 10 nitrogen and oxygen atoms in total. The third-order valence-corrected chi connectivity index (χ3v) is 7.44. The number of anilines is 2. The maximum Gasteiger partial charge on any atom is 0.573 e. The summed E-state index contributed by atoms with van der Waals surface area (Å²) < 4.78 is 48.3. The van der Waals surface area contributed by atoms with Gasteiger partial charge in [0.15, 0.2) is 11.0 Å². The molecule has 1 aliphatic rings. The first-order chi connectivity index (χ1) is 21.1. The zero-order valence-corrected chi connectivity index (χ0v) is 25.0. The maximum absolute atomic E-state index is 12.8. The number of hydrogen-bond acceptors (Lipinski definition) is 9. The van der Waals surface area contributed by atoms with Crippen LogP contribution in [0.1, 0.15) is 30.9 Å². The van der Waals surface area contributed by atoms with E-state index in [-0.39, 0.29) is 23.3 Å². The summed E-state index contributed by atoms with van der Waals surface area (Å²) in [5.41, 5.74) is 3.70. The summed E-state index contributed by atoms with van der Waals surface area (Å²) in [5, 5.41) is 16.5. The van der Waals surface area contributed by atoms with Crippen LogP contribution in [-0.2, 0) is 4.79 Å². The fourth-order valence-electron chi connectivity index (χ4n) is 4.43. The van der Waals surface area contributed by atoms with Crippen molar-refractivity contribution in [2.24, 2.45) is 10.2 Å². The molecule has 228 valence electrons. The first-order valence-corrected chi connectivity index (χ1v) is 14.4.